The van der Waals surface area contributed by atoms with Crippen LogP contribution in [0.25, 0.3) is 10.9 Å². The normalized spacial score (nSPS) is 15.5. The van der Waals surface area contributed by atoms with Crippen LogP contribution in [0.4, 0.5) is 4.79 Å². The van der Waals surface area contributed by atoms with Crippen molar-refractivity contribution >= 4 is 22.8 Å². The Bertz CT molecular complexity index is 972. The Morgan fingerprint density at radius 3 is 2.69 bits per heavy atom. The van der Waals surface area contributed by atoms with Crippen LogP contribution in [0.1, 0.15) is 12.5 Å². The minimum atomic E-state index is -0.0821. The molecule has 3 amide bonds. The molecule has 0 aliphatic carbocycles. The molecular weight excluding hydrogens is 368 g/mol. The predicted octanol–water partition coefficient (Wildman–Crippen LogP) is 1.85. The van der Waals surface area contributed by atoms with Crippen molar-refractivity contribution in [2.24, 2.45) is 0 Å². The number of benzene rings is 1. The zero-order chi connectivity index (χ0) is 20.2. The van der Waals surface area contributed by atoms with E-state index in [0.29, 0.717) is 39.1 Å². The van der Waals surface area contributed by atoms with Crippen LogP contribution in [0.15, 0.2) is 49.2 Å². The fraction of sp³-hybridized carbons (Fsp3) is 0.381. The first kappa shape index (κ1) is 19.0. The van der Waals surface area contributed by atoms with E-state index in [1.165, 1.54) is 0 Å². The van der Waals surface area contributed by atoms with E-state index in [-0.39, 0.29) is 18.0 Å². The molecule has 4 rings (SSSR count). The predicted molar refractivity (Wildman–Crippen MR) is 110 cm³/mol. The summed E-state index contributed by atoms with van der Waals surface area (Å²) in [5, 5.41) is 4.11. The number of hydrogen-bond acceptors (Lipinski definition) is 3. The molecule has 29 heavy (non-hydrogen) atoms. The lowest BCUT2D eigenvalue weighted by molar-refractivity contribution is -0.131. The Kier molecular flexibility index (Phi) is 5.50. The summed E-state index contributed by atoms with van der Waals surface area (Å²) in [4.78, 5) is 36.1. The van der Waals surface area contributed by atoms with Crippen molar-refractivity contribution in [1.29, 1.82) is 0 Å². The molecule has 8 heteroatoms. The van der Waals surface area contributed by atoms with Crippen molar-refractivity contribution in [3.8, 4) is 0 Å². The van der Waals surface area contributed by atoms with Gasteiger partial charge in [-0.15, -0.1) is 0 Å². The van der Waals surface area contributed by atoms with Crippen molar-refractivity contribution in [1.82, 2.24) is 29.7 Å². The van der Waals surface area contributed by atoms with Crippen molar-refractivity contribution in [2.45, 2.75) is 25.9 Å². The van der Waals surface area contributed by atoms with Crippen LogP contribution in [0.3, 0.4) is 0 Å². The molecular formula is C21H26N6O2. The van der Waals surface area contributed by atoms with Gasteiger partial charge in [0.05, 0.1) is 12.7 Å². The lowest BCUT2D eigenvalue weighted by Crippen LogP contribution is -2.54. The lowest BCUT2D eigenvalue weighted by atomic mass is 10.1. The third kappa shape index (κ3) is 4.42. The van der Waals surface area contributed by atoms with Crippen LogP contribution in [-0.4, -0.2) is 68.5 Å². The zero-order valence-corrected chi connectivity index (χ0v) is 16.5. The molecule has 0 spiro atoms. The number of rotatable bonds is 5. The van der Waals surface area contributed by atoms with Crippen LogP contribution >= 0.6 is 0 Å². The number of aromatic amines is 1. The fourth-order valence-electron chi connectivity index (χ4n) is 3.77. The molecule has 1 aromatic carbocycles. The molecule has 1 aliphatic heterocycles. The monoisotopic (exact) mass is 394 g/mol. The fourth-order valence-corrected chi connectivity index (χ4v) is 3.77. The Balaban J connectivity index is 1.26. The smallest absolute Gasteiger partial charge is 0.317 e. The number of urea groups is 1. The van der Waals surface area contributed by atoms with Crippen LogP contribution in [-0.2, 0) is 17.8 Å². The number of hydrogen-bond donors (Lipinski definition) is 2. The third-order valence-corrected chi connectivity index (χ3v) is 5.35. The molecule has 1 fully saturated rings. The number of carbonyl (C=O) groups excluding carboxylic acids is 2. The van der Waals surface area contributed by atoms with E-state index in [9.17, 15) is 9.59 Å². The van der Waals surface area contributed by atoms with Gasteiger partial charge in [-0.25, -0.2) is 9.78 Å². The minimum absolute atomic E-state index is 0.00164. The average Bonchev–Trinajstić information content (AvgIpc) is 3.38. The number of aromatic nitrogens is 3. The lowest BCUT2D eigenvalue weighted by Gasteiger charge is -2.35. The van der Waals surface area contributed by atoms with E-state index in [4.69, 9.17) is 0 Å². The molecule has 1 unspecified atom stereocenters. The van der Waals surface area contributed by atoms with Crippen LogP contribution < -0.4 is 5.32 Å². The van der Waals surface area contributed by atoms with E-state index in [0.717, 1.165) is 16.5 Å². The van der Waals surface area contributed by atoms with Gasteiger partial charge in [0.15, 0.2) is 0 Å². The number of nitrogens with zero attached hydrogens (tertiary/aromatic N) is 4. The quantitative estimate of drug-likeness (QED) is 0.692. The van der Waals surface area contributed by atoms with Gasteiger partial charge in [-0.2, -0.15) is 0 Å². The van der Waals surface area contributed by atoms with Gasteiger partial charge in [0.25, 0.3) is 0 Å². The molecule has 8 nitrogen and oxygen atoms in total. The summed E-state index contributed by atoms with van der Waals surface area (Å²) in [6.07, 6.45) is 7.62. The summed E-state index contributed by atoms with van der Waals surface area (Å²) >= 11 is 0. The standard InChI is InChI=1S/C21H26N6O2/c1-16(14-25-7-6-22-15-25)24-21(29)27-10-8-26(9-11-27)20(28)12-17-13-23-19-5-3-2-4-18(17)19/h2-7,13,15-16,23H,8-12,14H2,1H3,(H,24,29). The number of piperazine rings is 1. The summed E-state index contributed by atoms with van der Waals surface area (Å²) in [6.45, 7) is 4.86. The molecule has 3 aromatic rings. The summed E-state index contributed by atoms with van der Waals surface area (Å²) < 4.78 is 1.94. The molecule has 1 atom stereocenters. The van der Waals surface area contributed by atoms with Crippen molar-refractivity contribution in [2.75, 3.05) is 26.2 Å². The Morgan fingerprint density at radius 2 is 1.93 bits per heavy atom. The highest BCUT2D eigenvalue weighted by atomic mass is 16.2. The van der Waals surface area contributed by atoms with E-state index in [2.05, 4.69) is 15.3 Å². The Labute approximate surface area is 169 Å². The van der Waals surface area contributed by atoms with Gasteiger partial charge in [0, 0.05) is 68.3 Å². The maximum Gasteiger partial charge on any atom is 0.317 e. The van der Waals surface area contributed by atoms with Gasteiger partial charge in [0.1, 0.15) is 0 Å². The van der Waals surface area contributed by atoms with Gasteiger partial charge in [-0.05, 0) is 18.6 Å². The van der Waals surface area contributed by atoms with Gasteiger partial charge in [-0.1, -0.05) is 18.2 Å². The Hall–Kier alpha value is -3.29. The maximum absolute atomic E-state index is 12.7. The summed E-state index contributed by atoms with van der Waals surface area (Å²) in [7, 11) is 0. The molecule has 0 saturated carbocycles. The van der Waals surface area contributed by atoms with Crippen molar-refractivity contribution < 1.29 is 9.59 Å². The highest BCUT2D eigenvalue weighted by molar-refractivity contribution is 5.89. The topological polar surface area (TPSA) is 86.3 Å². The molecule has 0 radical (unpaired) electrons. The third-order valence-electron chi connectivity index (χ3n) is 5.35. The molecule has 1 saturated heterocycles. The SMILES string of the molecule is CC(Cn1ccnc1)NC(=O)N1CCN(C(=O)Cc2c[nH]c3ccccc23)CC1. The number of imidazole rings is 1. The van der Waals surface area contributed by atoms with Crippen LogP contribution in [0.5, 0.6) is 0 Å². The van der Waals surface area contributed by atoms with Gasteiger partial charge < -0.3 is 24.7 Å². The summed E-state index contributed by atoms with van der Waals surface area (Å²) in [5.41, 5.74) is 2.06. The number of amides is 3. The number of carbonyl (C=O) groups is 2. The largest absolute Gasteiger partial charge is 0.361 e. The van der Waals surface area contributed by atoms with Crippen molar-refractivity contribution in [3.63, 3.8) is 0 Å². The van der Waals surface area contributed by atoms with E-state index >= 15 is 0 Å². The molecule has 1 aliphatic rings. The number of para-hydroxylation sites is 1. The molecule has 152 valence electrons. The summed E-state index contributed by atoms with van der Waals surface area (Å²) in [6, 6.07) is 7.91. The van der Waals surface area contributed by atoms with E-state index in [1.54, 1.807) is 17.4 Å². The second-order valence-electron chi connectivity index (χ2n) is 7.51. The summed E-state index contributed by atoms with van der Waals surface area (Å²) in [5.74, 6) is 0.100. The molecule has 2 N–H and O–H groups in total. The van der Waals surface area contributed by atoms with E-state index < -0.39 is 0 Å². The maximum atomic E-state index is 12.7. The molecule has 2 aromatic heterocycles. The number of fused-ring (bicyclic) bond motifs is 1. The number of nitrogens with one attached hydrogen (secondary N) is 2. The van der Waals surface area contributed by atoms with Crippen molar-refractivity contribution in [3.05, 3.63) is 54.7 Å². The van der Waals surface area contributed by atoms with Gasteiger partial charge in [0.2, 0.25) is 5.91 Å². The Morgan fingerprint density at radius 1 is 1.17 bits per heavy atom. The second kappa shape index (κ2) is 8.38. The highest BCUT2D eigenvalue weighted by Crippen LogP contribution is 2.19. The minimum Gasteiger partial charge on any atom is -0.361 e. The first-order valence-electron chi connectivity index (χ1n) is 9.94. The first-order valence-corrected chi connectivity index (χ1v) is 9.94. The van der Waals surface area contributed by atoms with Gasteiger partial charge >= 0.3 is 6.03 Å². The zero-order valence-electron chi connectivity index (χ0n) is 16.5. The highest BCUT2D eigenvalue weighted by Gasteiger charge is 2.25. The number of H-pyrrole nitrogens is 1. The van der Waals surface area contributed by atoms with Crippen LogP contribution in [0.2, 0.25) is 0 Å². The molecule has 0 bridgehead atoms. The second-order valence-corrected chi connectivity index (χ2v) is 7.51. The first-order chi connectivity index (χ1) is 14.1. The van der Waals surface area contributed by atoms with E-state index in [1.807, 2.05) is 53.0 Å². The molecule has 3 heterocycles. The van der Waals surface area contributed by atoms with Crippen LogP contribution in [0, 0.1) is 0 Å². The average molecular weight is 394 g/mol. The van der Waals surface area contributed by atoms with Gasteiger partial charge in [-0.3, -0.25) is 4.79 Å².